The van der Waals surface area contributed by atoms with Crippen LogP contribution in [0.5, 0.6) is 0 Å². The van der Waals surface area contributed by atoms with Crippen LogP contribution < -0.4 is 15.8 Å². The number of nitrogens with one attached hydrogen (secondary N) is 3. The highest BCUT2D eigenvalue weighted by Crippen LogP contribution is 2.25. The van der Waals surface area contributed by atoms with Gasteiger partial charge in [0.2, 0.25) is 10.0 Å². The van der Waals surface area contributed by atoms with E-state index in [1.165, 1.54) is 19.2 Å². The second kappa shape index (κ2) is 5.43. The molecule has 0 saturated heterocycles. The highest BCUT2D eigenvalue weighted by Gasteiger charge is 2.15. The standard InChI is InChI=1S/C10H15N7O2S/c1-6(10-14-16-17-15-10)13-9-4-3-7(5-8(9)11)20(18,19)12-2/h3-6,12-13H,11H2,1-2H3,(H,14,15,16,17). The summed E-state index contributed by atoms with van der Waals surface area (Å²) in [5, 5.41) is 16.6. The average Bonchev–Trinajstić information content (AvgIpc) is 2.95. The van der Waals surface area contributed by atoms with Crippen molar-refractivity contribution >= 4 is 21.4 Å². The van der Waals surface area contributed by atoms with Crippen LogP contribution in [-0.4, -0.2) is 36.1 Å². The molecule has 0 aliphatic rings. The number of nitrogens with zero attached hydrogens (tertiary/aromatic N) is 3. The van der Waals surface area contributed by atoms with Crippen molar-refractivity contribution in [3.05, 3.63) is 24.0 Å². The third-order valence-electron chi connectivity index (χ3n) is 2.72. The first kappa shape index (κ1) is 14.2. The Morgan fingerprint density at radius 1 is 1.40 bits per heavy atom. The van der Waals surface area contributed by atoms with E-state index in [0.717, 1.165) is 0 Å². The first-order chi connectivity index (χ1) is 9.44. The molecule has 1 unspecified atom stereocenters. The Kier molecular flexibility index (Phi) is 3.86. The molecule has 1 atom stereocenters. The molecule has 1 aromatic carbocycles. The lowest BCUT2D eigenvalue weighted by Gasteiger charge is -2.14. The van der Waals surface area contributed by atoms with Crippen LogP contribution in [0.25, 0.3) is 0 Å². The Bertz CT molecular complexity index is 684. The number of anilines is 2. The Labute approximate surface area is 116 Å². The first-order valence-electron chi connectivity index (χ1n) is 5.77. The summed E-state index contributed by atoms with van der Waals surface area (Å²) in [4.78, 5) is 0.107. The summed E-state index contributed by atoms with van der Waals surface area (Å²) < 4.78 is 25.5. The third kappa shape index (κ3) is 2.86. The van der Waals surface area contributed by atoms with E-state index in [4.69, 9.17) is 5.73 Å². The predicted octanol–water partition coefficient (Wildman–Crippen LogP) is -0.137. The molecule has 1 aromatic heterocycles. The van der Waals surface area contributed by atoms with Gasteiger partial charge in [0.1, 0.15) is 0 Å². The van der Waals surface area contributed by atoms with Gasteiger partial charge in [-0.2, -0.15) is 5.21 Å². The van der Waals surface area contributed by atoms with Crippen LogP contribution in [0.2, 0.25) is 0 Å². The van der Waals surface area contributed by atoms with Crippen LogP contribution in [0.1, 0.15) is 18.8 Å². The minimum Gasteiger partial charge on any atom is -0.397 e. The van der Waals surface area contributed by atoms with E-state index in [9.17, 15) is 8.42 Å². The van der Waals surface area contributed by atoms with E-state index in [1.807, 2.05) is 6.92 Å². The molecular weight excluding hydrogens is 282 g/mol. The lowest BCUT2D eigenvalue weighted by molar-refractivity contribution is 0.588. The molecule has 0 saturated carbocycles. The number of aromatic amines is 1. The van der Waals surface area contributed by atoms with Crippen LogP contribution >= 0.6 is 0 Å². The number of aromatic nitrogens is 4. The van der Waals surface area contributed by atoms with E-state index in [-0.39, 0.29) is 10.9 Å². The second-order valence-electron chi connectivity index (χ2n) is 4.09. The largest absolute Gasteiger partial charge is 0.397 e. The van der Waals surface area contributed by atoms with Crippen LogP contribution in [-0.2, 0) is 10.0 Å². The van der Waals surface area contributed by atoms with Crippen molar-refractivity contribution in [3.63, 3.8) is 0 Å². The second-order valence-corrected chi connectivity index (χ2v) is 5.98. The fraction of sp³-hybridized carbons (Fsp3) is 0.300. The monoisotopic (exact) mass is 297 g/mol. The summed E-state index contributed by atoms with van der Waals surface area (Å²) in [7, 11) is -2.16. The summed E-state index contributed by atoms with van der Waals surface area (Å²) in [5.74, 6) is 0.483. The minimum atomic E-state index is -3.51. The van der Waals surface area contributed by atoms with Crippen molar-refractivity contribution in [1.82, 2.24) is 25.3 Å². The van der Waals surface area contributed by atoms with Gasteiger partial charge in [-0.1, -0.05) is 5.21 Å². The Morgan fingerprint density at radius 3 is 2.70 bits per heavy atom. The van der Waals surface area contributed by atoms with Gasteiger partial charge in [0.15, 0.2) is 5.82 Å². The number of nitrogen functional groups attached to an aromatic ring is 1. The molecule has 108 valence electrons. The molecule has 0 bridgehead atoms. The van der Waals surface area contributed by atoms with E-state index in [0.29, 0.717) is 17.2 Å². The Morgan fingerprint density at radius 2 is 2.15 bits per heavy atom. The zero-order valence-corrected chi connectivity index (χ0v) is 11.8. The molecule has 0 aliphatic carbocycles. The van der Waals surface area contributed by atoms with Crippen LogP contribution in [0.3, 0.4) is 0 Å². The molecule has 2 aromatic rings. The molecule has 1 heterocycles. The lowest BCUT2D eigenvalue weighted by Crippen LogP contribution is -2.19. The quantitative estimate of drug-likeness (QED) is 0.563. The highest BCUT2D eigenvalue weighted by atomic mass is 32.2. The van der Waals surface area contributed by atoms with Crippen molar-refractivity contribution in [2.75, 3.05) is 18.1 Å². The summed E-state index contributed by atoms with van der Waals surface area (Å²) >= 11 is 0. The van der Waals surface area contributed by atoms with Gasteiger partial charge in [0.05, 0.1) is 22.3 Å². The molecule has 0 amide bonds. The van der Waals surface area contributed by atoms with Crippen LogP contribution in [0, 0.1) is 0 Å². The van der Waals surface area contributed by atoms with Crippen molar-refractivity contribution in [2.24, 2.45) is 0 Å². The molecule has 0 fully saturated rings. The van der Waals surface area contributed by atoms with Gasteiger partial charge in [-0.05, 0) is 32.2 Å². The molecular formula is C10H15N7O2S. The van der Waals surface area contributed by atoms with Gasteiger partial charge in [-0.25, -0.2) is 13.1 Å². The predicted molar refractivity (Wildman–Crippen MR) is 73.3 cm³/mol. The Balaban J connectivity index is 2.23. The van der Waals surface area contributed by atoms with Gasteiger partial charge in [-0.3, -0.25) is 0 Å². The maximum atomic E-state index is 11.7. The van der Waals surface area contributed by atoms with E-state index < -0.39 is 10.0 Å². The molecule has 5 N–H and O–H groups in total. The molecule has 20 heavy (non-hydrogen) atoms. The average molecular weight is 297 g/mol. The smallest absolute Gasteiger partial charge is 0.240 e. The van der Waals surface area contributed by atoms with E-state index >= 15 is 0 Å². The molecule has 0 radical (unpaired) electrons. The summed E-state index contributed by atoms with van der Waals surface area (Å²) in [6, 6.07) is 4.23. The summed E-state index contributed by atoms with van der Waals surface area (Å²) in [6.07, 6.45) is 0. The van der Waals surface area contributed by atoms with E-state index in [1.54, 1.807) is 6.07 Å². The number of sulfonamides is 1. The fourth-order valence-electron chi connectivity index (χ4n) is 1.61. The molecule has 9 nitrogen and oxygen atoms in total. The van der Waals surface area contributed by atoms with Crippen LogP contribution in [0.15, 0.2) is 23.1 Å². The number of benzene rings is 1. The van der Waals surface area contributed by atoms with E-state index in [2.05, 4.69) is 30.7 Å². The maximum Gasteiger partial charge on any atom is 0.240 e. The maximum absolute atomic E-state index is 11.7. The molecule has 2 rings (SSSR count). The SMILES string of the molecule is CNS(=O)(=O)c1ccc(NC(C)c2nn[nH]n2)c(N)c1. The van der Waals surface area contributed by atoms with Crippen molar-refractivity contribution < 1.29 is 8.42 Å². The number of hydrogen-bond donors (Lipinski definition) is 4. The Hall–Kier alpha value is -2.20. The minimum absolute atomic E-state index is 0.107. The lowest BCUT2D eigenvalue weighted by atomic mass is 10.2. The molecule has 10 heteroatoms. The number of nitrogens with two attached hydrogens (primary N) is 1. The van der Waals surface area contributed by atoms with Crippen molar-refractivity contribution in [1.29, 1.82) is 0 Å². The van der Waals surface area contributed by atoms with Crippen molar-refractivity contribution in [3.8, 4) is 0 Å². The van der Waals surface area contributed by atoms with Gasteiger partial charge < -0.3 is 11.1 Å². The van der Waals surface area contributed by atoms with Gasteiger partial charge >= 0.3 is 0 Å². The third-order valence-corrected chi connectivity index (χ3v) is 4.14. The molecule has 0 spiro atoms. The first-order valence-corrected chi connectivity index (χ1v) is 7.25. The summed E-state index contributed by atoms with van der Waals surface area (Å²) in [6.45, 7) is 1.84. The van der Waals surface area contributed by atoms with Crippen molar-refractivity contribution in [2.45, 2.75) is 17.9 Å². The zero-order chi connectivity index (χ0) is 14.8. The van der Waals surface area contributed by atoms with Gasteiger partial charge in [-0.15, -0.1) is 10.2 Å². The number of H-pyrrole nitrogens is 1. The number of rotatable bonds is 5. The summed E-state index contributed by atoms with van der Waals surface area (Å²) in [5.41, 5.74) is 6.77. The zero-order valence-electron chi connectivity index (χ0n) is 11.0. The van der Waals surface area contributed by atoms with Gasteiger partial charge in [0.25, 0.3) is 0 Å². The molecule has 0 aliphatic heterocycles. The number of tetrazole rings is 1. The number of hydrogen-bond acceptors (Lipinski definition) is 7. The topological polar surface area (TPSA) is 139 Å². The van der Waals surface area contributed by atoms with Crippen LogP contribution in [0.4, 0.5) is 11.4 Å². The fourth-order valence-corrected chi connectivity index (χ4v) is 2.37. The normalized spacial score (nSPS) is 13.1. The highest BCUT2D eigenvalue weighted by molar-refractivity contribution is 7.89. The van der Waals surface area contributed by atoms with Gasteiger partial charge in [0, 0.05) is 0 Å².